The van der Waals surface area contributed by atoms with Gasteiger partial charge >= 0.3 is 0 Å². The number of unbranched alkanes of at least 4 members (excludes halogenated alkanes) is 24. The number of rotatable bonds is 36. The molecule has 0 unspecified atom stereocenters. The van der Waals surface area contributed by atoms with Gasteiger partial charge in [0.15, 0.2) is 0 Å². The van der Waals surface area contributed by atoms with Crippen LogP contribution in [-0.4, -0.2) is 51.5 Å². The topological polar surface area (TPSA) is 21.7 Å². The first-order chi connectivity index (χ1) is 22.8. The second-order valence-corrected chi connectivity index (χ2v) is 14.8. The highest BCUT2D eigenvalue weighted by molar-refractivity contribution is 4.83. The Hall–Kier alpha value is -0.640. The molecule has 3 heteroatoms. The molecule has 1 aliphatic rings. The lowest BCUT2D eigenvalue weighted by atomic mass is 9.98. The summed E-state index contributed by atoms with van der Waals surface area (Å²) in [6.45, 7) is 10.6. The summed E-state index contributed by atoms with van der Waals surface area (Å²) in [6.07, 6.45) is 47.7. The van der Waals surface area contributed by atoms with Gasteiger partial charge in [-0.05, 0) is 71.3 Å². The van der Waals surface area contributed by atoms with Crippen molar-refractivity contribution in [3.05, 3.63) is 24.3 Å². The van der Waals surface area contributed by atoms with Crippen molar-refractivity contribution in [2.75, 3.05) is 46.6 Å². The molecule has 0 bridgehead atoms. The Bertz CT molecular complexity index is 593. The van der Waals surface area contributed by atoms with Crippen molar-refractivity contribution >= 4 is 0 Å². The lowest BCUT2D eigenvalue weighted by Gasteiger charge is -2.18. The van der Waals surface area contributed by atoms with E-state index in [2.05, 4.69) is 50.1 Å². The molecule has 0 aromatic carbocycles. The normalized spacial score (nSPS) is 17.4. The molecule has 46 heavy (non-hydrogen) atoms. The highest BCUT2D eigenvalue weighted by Gasteiger charge is 2.30. The van der Waals surface area contributed by atoms with Crippen molar-refractivity contribution in [2.24, 2.45) is 11.8 Å². The van der Waals surface area contributed by atoms with Gasteiger partial charge in [-0.15, -0.1) is 0 Å². The number of likely N-dealkylation sites (tertiary alicyclic amines) is 1. The van der Waals surface area contributed by atoms with Crippen LogP contribution >= 0.6 is 0 Å². The SMILES string of the molecule is CCCCCCCC/C=C\CCCCCCCCOC[C@H]1CN(C)C[C@@H]1COCCCCCCCC/C=C\CCCCCCCC. The lowest BCUT2D eigenvalue weighted by Crippen LogP contribution is -2.23. The fourth-order valence-corrected chi connectivity index (χ4v) is 6.92. The standard InChI is InChI=1S/C43H83NO2/c1-4-6-8-10-12-14-16-18-20-22-24-26-28-30-32-34-36-45-40-42-38-44(3)39-43(42)41-46-37-35-33-31-29-27-25-23-21-19-17-15-13-11-9-7-5-2/h18-21,42-43H,4-17,22-41H2,1-3H3/b20-18-,21-19-/t42-,43-/m1/s1. The molecule has 0 saturated carbocycles. The Morgan fingerprint density at radius 3 is 1.02 bits per heavy atom. The molecule has 0 amide bonds. The second-order valence-electron chi connectivity index (χ2n) is 14.8. The van der Waals surface area contributed by atoms with Crippen molar-refractivity contribution in [3.8, 4) is 0 Å². The maximum atomic E-state index is 6.16. The van der Waals surface area contributed by atoms with Gasteiger partial charge in [0.05, 0.1) is 13.2 Å². The van der Waals surface area contributed by atoms with Crippen LogP contribution in [0.3, 0.4) is 0 Å². The van der Waals surface area contributed by atoms with Gasteiger partial charge in [-0.3, -0.25) is 0 Å². The average Bonchev–Trinajstić information content (AvgIpc) is 3.42. The van der Waals surface area contributed by atoms with Gasteiger partial charge in [0.25, 0.3) is 0 Å². The van der Waals surface area contributed by atoms with Crippen LogP contribution in [0.4, 0.5) is 0 Å². The fourth-order valence-electron chi connectivity index (χ4n) is 6.92. The van der Waals surface area contributed by atoms with E-state index in [-0.39, 0.29) is 0 Å². The molecule has 0 spiro atoms. The number of ether oxygens (including phenoxy) is 2. The second kappa shape index (κ2) is 35.7. The van der Waals surface area contributed by atoms with E-state index in [1.165, 1.54) is 180 Å². The summed E-state index contributed by atoms with van der Waals surface area (Å²) in [5.41, 5.74) is 0. The Morgan fingerprint density at radius 2 is 0.696 bits per heavy atom. The van der Waals surface area contributed by atoms with Crippen molar-refractivity contribution < 1.29 is 9.47 Å². The van der Waals surface area contributed by atoms with Crippen molar-refractivity contribution in [2.45, 2.75) is 194 Å². The summed E-state index contributed by atoms with van der Waals surface area (Å²) in [5, 5.41) is 0. The van der Waals surface area contributed by atoms with Crippen LogP contribution in [0.2, 0.25) is 0 Å². The average molecular weight is 646 g/mol. The molecular weight excluding hydrogens is 562 g/mol. The maximum absolute atomic E-state index is 6.16. The van der Waals surface area contributed by atoms with E-state index in [4.69, 9.17) is 9.47 Å². The molecular formula is C43H83NO2. The zero-order valence-corrected chi connectivity index (χ0v) is 31.8. The van der Waals surface area contributed by atoms with Crippen molar-refractivity contribution in [1.29, 1.82) is 0 Å². The molecule has 1 aliphatic heterocycles. The van der Waals surface area contributed by atoms with E-state index >= 15 is 0 Å². The number of hydrogen-bond acceptors (Lipinski definition) is 3. The molecule has 0 aliphatic carbocycles. The van der Waals surface area contributed by atoms with Crippen LogP contribution < -0.4 is 0 Å². The number of hydrogen-bond donors (Lipinski definition) is 0. The van der Waals surface area contributed by atoms with Gasteiger partial charge in [0.2, 0.25) is 0 Å². The van der Waals surface area contributed by atoms with Crippen LogP contribution in [0.5, 0.6) is 0 Å². The van der Waals surface area contributed by atoms with Gasteiger partial charge in [0.1, 0.15) is 0 Å². The summed E-state index contributed by atoms with van der Waals surface area (Å²) >= 11 is 0. The molecule has 0 aromatic heterocycles. The molecule has 1 heterocycles. The first-order valence-corrected chi connectivity index (χ1v) is 20.9. The highest BCUT2D eigenvalue weighted by atomic mass is 16.5. The van der Waals surface area contributed by atoms with E-state index in [1.54, 1.807) is 0 Å². The summed E-state index contributed by atoms with van der Waals surface area (Å²) in [7, 11) is 2.25. The molecule has 1 fully saturated rings. The molecule has 0 N–H and O–H groups in total. The van der Waals surface area contributed by atoms with Gasteiger partial charge in [-0.25, -0.2) is 0 Å². The molecule has 1 rings (SSSR count). The smallest absolute Gasteiger partial charge is 0.0510 e. The fraction of sp³-hybridized carbons (Fsp3) is 0.907. The van der Waals surface area contributed by atoms with E-state index < -0.39 is 0 Å². The Labute approximate surface area is 290 Å². The Morgan fingerprint density at radius 1 is 0.413 bits per heavy atom. The molecule has 0 radical (unpaired) electrons. The minimum absolute atomic E-state index is 0.638. The third-order valence-electron chi connectivity index (χ3n) is 10.0. The zero-order chi connectivity index (χ0) is 33.0. The molecule has 1 saturated heterocycles. The predicted octanol–water partition coefficient (Wildman–Crippen LogP) is 13.3. The lowest BCUT2D eigenvalue weighted by molar-refractivity contribution is 0.0482. The van der Waals surface area contributed by atoms with Crippen molar-refractivity contribution in [1.82, 2.24) is 4.90 Å². The van der Waals surface area contributed by atoms with Crippen LogP contribution in [0.15, 0.2) is 24.3 Å². The van der Waals surface area contributed by atoms with Gasteiger partial charge in [0, 0.05) is 38.1 Å². The summed E-state index contributed by atoms with van der Waals surface area (Å²) in [5.74, 6) is 1.28. The summed E-state index contributed by atoms with van der Waals surface area (Å²) in [6, 6.07) is 0. The maximum Gasteiger partial charge on any atom is 0.0510 e. The van der Waals surface area contributed by atoms with E-state index in [0.717, 1.165) is 39.5 Å². The zero-order valence-electron chi connectivity index (χ0n) is 31.8. The third-order valence-corrected chi connectivity index (χ3v) is 10.0. The minimum Gasteiger partial charge on any atom is -0.381 e. The molecule has 2 atom stereocenters. The summed E-state index contributed by atoms with van der Waals surface area (Å²) < 4.78 is 12.3. The molecule has 0 aromatic rings. The van der Waals surface area contributed by atoms with Crippen LogP contribution in [0.25, 0.3) is 0 Å². The van der Waals surface area contributed by atoms with Crippen LogP contribution in [0.1, 0.15) is 194 Å². The van der Waals surface area contributed by atoms with Crippen molar-refractivity contribution in [3.63, 3.8) is 0 Å². The third kappa shape index (κ3) is 29.5. The van der Waals surface area contributed by atoms with Gasteiger partial charge < -0.3 is 14.4 Å². The first kappa shape index (κ1) is 43.4. The highest BCUT2D eigenvalue weighted by Crippen LogP contribution is 2.23. The molecule has 3 nitrogen and oxygen atoms in total. The van der Waals surface area contributed by atoms with Gasteiger partial charge in [-0.1, -0.05) is 154 Å². The molecule has 272 valence electrons. The predicted molar refractivity (Wildman–Crippen MR) is 205 cm³/mol. The number of allylic oxidation sites excluding steroid dienone is 4. The largest absolute Gasteiger partial charge is 0.381 e. The first-order valence-electron chi connectivity index (χ1n) is 20.9. The minimum atomic E-state index is 0.638. The summed E-state index contributed by atoms with van der Waals surface area (Å²) in [4.78, 5) is 2.47. The van der Waals surface area contributed by atoms with E-state index in [9.17, 15) is 0 Å². The van der Waals surface area contributed by atoms with E-state index in [1.807, 2.05) is 0 Å². The Balaban J connectivity index is 1.86. The van der Waals surface area contributed by atoms with Crippen LogP contribution in [0, 0.1) is 11.8 Å². The quantitative estimate of drug-likeness (QED) is 0.0500. The van der Waals surface area contributed by atoms with E-state index in [0.29, 0.717) is 11.8 Å². The van der Waals surface area contributed by atoms with Gasteiger partial charge in [-0.2, -0.15) is 0 Å². The monoisotopic (exact) mass is 646 g/mol. The van der Waals surface area contributed by atoms with Crippen LogP contribution in [-0.2, 0) is 9.47 Å². The number of nitrogens with zero attached hydrogens (tertiary/aromatic N) is 1. The Kier molecular flexibility index (Phi) is 33.6.